The summed E-state index contributed by atoms with van der Waals surface area (Å²) in [6, 6.07) is 11.8. The number of nitrogens with one attached hydrogen (secondary N) is 1. The first-order chi connectivity index (χ1) is 10.3. The highest BCUT2D eigenvalue weighted by Gasteiger charge is 2.24. The molecule has 0 amide bonds. The molecule has 1 atom stereocenters. The molecule has 5 heteroatoms. The highest BCUT2D eigenvalue weighted by molar-refractivity contribution is 5.35. The Labute approximate surface area is 124 Å². The molecule has 1 N–H and O–H groups in total. The number of nitrogens with zero attached hydrogens (tertiary/aromatic N) is 2. The van der Waals surface area contributed by atoms with E-state index in [1.165, 1.54) is 0 Å². The molecular weight excluding hydrogens is 266 g/mol. The van der Waals surface area contributed by atoms with E-state index in [9.17, 15) is 0 Å². The maximum Gasteiger partial charge on any atom is 0.233 e. The van der Waals surface area contributed by atoms with E-state index >= 15 is 0 Å². The molecule has 1 aromatic heterocycles. The first-order valence-corrected chi connectivity index (χ1v) is 7.11. The zero-order valence-corrected chi connectivity index (χ0v) is 12.2. The minimum absolute atomic E-state index is 0.0221. The normalized spacial score (nSPS) is 15.5. The molecule has 1 aliphatic rings. The monoisotopic (exact) mass is 285 g/mol. The predicted octanol–water partition coefficient (Wildman–Crippen LogP) is 2.34. The lowest BCUT2D eigenvalue weighted by atomic mass is 10.0. The van der Waals surface area contributed by atoms with Crippen molar-refractivity contribution >= 4 is 0 Å². The molecule has 1 aromatic carbocycles. The van der Waals surface area contributed by atoms with Crippen LogP contribution in [0.4, 0.5) is 0 Å². The zero-order valence-electron chi connectivity index (χ0n) is 12.2. The largest absolute Gasteiger partial charge is 0.490 e. The Kier molecular flexibility index (Phi) is 4.01. The summed E-state index contributed by atoms with van der Waals surface area (Å²) in [6.07, 6.45) is 2.71. The summed E-state index contributed by atoms with van der Waals surface area (Å²) in [5, 5.41) is 11.5. The number of aromatic nitrogens is 2. The average molecular weight is 285 g/mol. The number of benzene rings is 1. The van der Waals surface area contributed by atoms with Crippen molar-refractivity contribution in [2.75, 3.05) is 14.2 Å². The smallest absolute Gasteiger partial charge is 0.233 e. The lowest BCUT2D eigenvalue weighted by Crippen LogP contribution is -2.19. The molecule has 3 rings (SSSR count). The van der Waals surface area contributed by atoms with Crippen molar-refractivity contribution in [2.45, 2.75) is 25.0 Å². The van der Waals surface area contributed by atoms with Gasteiger partial charge < -0.3 is 14.8 Å². The van der Waals surface area contributed by atoms with Crippen LogP contribution in [0.1, 0.15) is 30.1 Å². The zero-order chi connectivity index (χ0) is 14.7. The predicted molar refractivity (Wildman–Crippen MR) is 79.6 cm³/mol. The third-order valence-corrected chi connectivity index (χ3v) is 3.47. The van der Waals surface area contributed by atoms with Gasteiger partial charge in [0.15, 0.2) is 0 Å². The summed E-state index contributed by atoms with van der Waals surface area (Å²) in [5.74, 6) is 1.43. The number of methoxy groups -OCH3 is 1. The van der Waals surface area contributed by atoms with Gasteiger partial charge in [-0.3, -0.25) is 0 Å². The number of ether oxygens (including phenoxy) is 2. The van der Waals surface area contributed by atoms with E-state index in [1.807, 2.05) is 31.3 Å². The molecule has 0 saturated heterocycles. The molecule has 21 heavy (non-hydrogen) atoms. The third-order valence-electron chi connectivity index (χ3n) is 3.47. The second-order valence-corrected chi connectivity index (χ2v) is 5.11. The van der Waals surface area contributed by atoms with Crippen LogP contribution in [-0.2, 0) is 0 Å². The fraction of sp³-hybridized carbons (Fsp3) is 0.375. The van der Waals surface area contributed by atoms with Crippen LogP contribution >= 0.6 is 0 Å². The van der Waals surface area contributed by atoms with Crippen molar-refractivity contribution < 1.29 is 9.47 Å². The van der Waals surface area contributed by atoms with Gasteiger partial charge in [-0.15, -0.1) is 10.2 Å². The SMILES string of the molecule is CNC(c1cccc(OC2CC2)c1)c1ccc(OC)nn1. The molecule has 0 radical (unpaired) electrons. The Balaban J connectivity index is 1.83. The third kappa shape index (κ3) is 3.31. The molecule has 5 nitrogen and oxygen atoms in total. The summed E-state index contributed by atoms with van der Waals surface area (Å²) in [7, 11) is 3.49. The van der Waals surface area contributed by atoms with Gasteiger partial charge in [0.1, 0.15) is 5.75 Å². The first kappa shape index (κ1) is 13.8. The van der Waals surface area contributed by atoms with Crippen molar-refractivity contribution in [3.05, 3.63) is 47.7 Å². The lowest BCUT2D eigenvalue weighted by molar-refractivity contribution is 0.302. The van der Waals surface area contributed by atoms with Crippen molar-refractivity contribution in [3.8, 4) is 11.6 Å². The van der Waals surface area contributed by atoms with Gasteiger partial charge >= 0.3 is 0 Å². The van der Waals surface area contributed by atoms with Gasteiger partial charge in [0.2, 0.25) is 5.88 Å². The minimum atomic E-state index is -0.0221. The quantitative estimate of drug-likeness (QED) is 0.883. The molecule has 0 aliphatic heterocycles. The van der Waals surface area contributed by atoms with E-state index in [0.29, 0.717) is 12.0 Å². The van der Waals surface area contributed by atoms with Gasteiger partial charge in [-0.25, -0.2) is 0 Å². The van der Waals surface area contributed by atoms with Gasteiger partial charge in [-0.05, 0) is 43.7 Å². The maximum absolute atomic E-state index is 5.85. The van der Waals surface area contributed by atoms with Gasteiger partial charge in [0.05, 0.1) is 24.9 Å². The van der Waals surface area contributed by atoms with Crippen LogP contribution in [0.25, 0.3) is 0 Å². The summed E-state index contributed by atoms with van der Waals surface area (Å²) in [5.41, 5.74) is 1.96. The van der Waals surface area contributed by atoms with Crippen LogP contribution < -0.4 is 14.8 Å². The number of rotatable bonds is 6. The van der Waals surface area contributed by atoms with Crippen LogP contribution in [0, 0.1) is 0 Å². The second kappa shape index (κ2) is 6.10. The standard InChI is InChI=1S/C16H19N3O2/c1-17-16(14-8-9-15(20-2)19-18-14)11-4-3-5-13(10-11)21-12-6-7-12/h3-5,8-10,12,16-17H,6-7H2,1-2H3. The number of hydrogen-bond acceptors (Lipinski definition) is 5. The molecule has 1 unspecified atom stereocenters. The van der Waals surface area contributed by atoms with E-state index in [0.717, 1.165) is 29.8 Å². The van der Waals surface area contributed by atoms with Crippen LogP contribution in [0.3, 0.4) is 0 Å². The Bertz CT molecular complexity index is 597. The fourth-order valence-corrected chi connectivity index (χ4v) is 2.22. The summed E-state index contributed by atoms with van der Waals surface area (Å²) >= 11 is 0. The number of hydrogen-bond donors (Lipinski definition) is 1. The average Bonchev–Trinajstić information content (AvgIpc) is 3.33. The Morgan fingerprint density at radius 2 is 2.05 bits per heavy atom. The molecule has 1 heterocycles. The molecule has 1 fully saturated rings. The van der Waals surface area contributed by atoms with Crippen molar-refractivity contribution in [3.63, 3.8) is 0 Å². The Morgan fingerprint density at radius 1 is 1.19 bits per heavy atom. The molecule has 2 aromatic rings. The van der Waals surface area contributed by atoms with Gasteiger partial charge in [-0.2, -0.15) is 0 Å². The van der Waals surface area contributed by atoms with E-state index in [2.05, 4.69) is 27.6 Å². The lowest BCUT2D eigenvalue weighted by Gasteiger charge is -2.17. The molecule has 0 bridgehead atoms. The molecular formula is C16H19N3O2. The van der Waals surface area contributed by atoms with E-state index < -0.39 is 0 Å². The van der Waals surface area contributed by atoms with Crippen LogP contribution in [0.15, 0.2) is 36.4 Å². The summed E-state index contributed by atoms with van der Waals surface area (Å²) in [6.45, 7) is 0. The van der Waals surface area contributed by atoms with Gasteiger partial charge in [0.25, 0.3) is 0 Å². The topological polar surface area (TPSA) is 56.3 Å². The van der Waals surface area contributed by atoms with Crippen molar-refractivity contribution in [2.24, 2.45) is 0 Å². The Hall–Kier alpha value is -2.14. The van der Waals surface area contributed by atoms with E-state index in [-0.39, 0.29) is 6.04 Å². The molecule has 0 spiro atoms. The van der Waals surface area contributed by atoms with Crippen molar-refractivity contribution in [1.82, 2.24) is 15.5 Å². The fourth-order valence-electron chi connectivity index (χ4n) is 2.22. The van der Waals surface area contributed by atoms with E-state index in [4.69, 9.17) is 9.47 Å². The highest BCUT2D eigenvalue weighted by atomic mass is 16.5. The van der Waals surface area contributed by atoms with Crippen LogP contribution in [0.2, 0.25) is 0 Å². The van der Waals surface area contributed by atoms with Crippen molar-refractivity contribution in [1.29, 1.82) is 0 Å². The van der Waals surface area contributed by atoms with Crippen LogP contribution in [-0.4, -0.2) is 30.5 Å². The molecule has 110 valence electrons. The van der Waals surface area contributed by atoms with Gasteiger partial charge in [0, 0.05) is 6.07 Å². The van der Waals surface area contributed by atoms with Gasteiger partial charge in [-0.1, -0.05) is 12.1 Å². The second-order valence-electron chi connectivity index (χ2n) is 5.11. The minimum Gasteiger partial charge on any atom is -0.490 e. The first-order valence-electron chi connectivity index (χ1n) is 7.11. The van der Waals surface area contributed by atoms with Crippen LogP contribution in [0.5, 0.6) is 11.6 Å². The maximum atomic E-state index is 5.85. The van der Waals surface area contributed by atoms with E-state index in [1.54, 1.807) is 7.11 Å². The Morgan fingerprint density at radius 3 is 2.67 bits per heavy atom. The summed E-state index contributed by atoms with van der Waals surface area (Å²) < 4.78 is 10.9. The highest BCUT2D eigenvalue weighted by Crippen LogP contribution is 2.29. The summed E-state index contributed by atoms with van der Waals surface area (Å²) in [4.78, 5) is 0. The molecule has 1 aliphatic carbocycles. The molecule has 1 saturated carbocycles.